The number of carbonyl (C=O) groups excluding carboxylic acids is 1. The van der Waals surface area contributed by atoms with Crippen LogP contribution in [0.25, 0.3) is 0 Å². The van der Waals surface area contributed by atoms with Crippen molar-refractivity contribution in [3.05, 3.63) is 53.3 Å². The summed E-state index contributed by atoms with van der Waals surface area (Å²) in [6.07, 6.45) is 1.41. The summed E-state index contributed by atoms with van der Waals surface area (Å²) in [5, 5.41) is -0.0164. The number of hydrogen-bond donors (Lipinski definition) is 0. The molecule has 0 radical (unpaired) electrons. The Morgan fingerprint density at radius 3 is 2.32 bits per heavy atom. The Morgan fingerprint density at radius 1 is 1.16 bits per heavy atom. The monoisotopic (exact) mass is 468 g/mol. The normalized spacial score (nSPS) is 17.0. The standard InChI is InChI=1S/C22H26ClFN2O4S/c1-22(2,3)30-21(27)25-12-11-17(14-25)26(16-7-10-20(24)19(23)13-16)15-5-8-18(9-6-15)31(4,28)29/h5-10,13,17H,11-12,14H2,1-4H3/t17-/m0/s1. The molecule has 168 valence electrons. The maximum atomic E-state index is 13.8. The number of sulfone groups is 1. The third-order valence-electron chi connectivity index (χ3n) is 4.90. The van der Waals surface area contributed by atoms with Crippen molar-refractivity contribution in [3.8, 4) is 0 Å². The number of anilines is 2. The first-order valence-corrected chi connectivity index (χ1v) is 12.1. The highest BCUT2D eigenvalue weighted by Crippen LogP contribution is 2.34. The molecule has 1 aliphatic heterocycles. The fourth-order valence-corrected chi connectivity index (χ4v) is 4.31. The summed E-state index contributed by atoms with van der Waals surface area (Å²) >= 11 is 6.02. The lowest BCUT2D eigenvalue weighted by atomic mass is 10.1. The van der Waals surface area contributed by atoms with Crippen LogP contribution in [-0.4, -0.2) is 50.4 Å². The molecule has 0 spiro atoms. The first-order valence-electron chi connectivity index (χ1n) is 9.87. The average molecular weight is 469 g/mol. The molecule has 0 aliphatic carbocycles. The minimum Gasteiger partial charge on any atom is -0.444 e. The number of halogens is 2. The Hall–Kier alpha value is -2.32. The van der Waals surface area contributed by atoms with Gasteiger partial charge in [0.05, 0.1) is 16.0 Å². The van der Waals surface area contributed by atoms with Gasteiger partial charge in [0, 0.05) is 30.7 Å². The van der Waals surface area contributed by atoms with Gasteiger partial charge in [-0.2, -0.15) is 0 Å². The summed E-state index contributed by atoms with van der Waals surface area (Å²) < 4.78 is 42.9. The highest BCUT2D eigenvalue weighted by atomic mass is 35.5. The van der Waals surface area contributed by atoms with Crippen LogP contribution in [0.2, 0.25) is 5.02 Å². The van der Waals surface area contributed by atoms with E-state index in [1.807, 2.05) is 25.7 Å². The highest BCUT2D eigenvalue weighted by molar-refractivity contribution is 7.90. The van der Waals surface area contributed by atoms with E-state index in [2.05, 4.69) is 0 Å². The van der Waals surface area contributed by atoms with Crippen molar-refractivity contribution in [2.75, 3.05) is 24.2 Å². The second-order valence-corrected chi connectivity index (χ2v) is 11.0. The summed E-state index contributed by atoms with van der Waals surface area (Å²) in [6.45, 7) is 6.35. The lowest BCUT2D eigenvalue weighted by Crippen LogP contribution is -2.39. The van der Waals surface area contributed by atoms with Crippen LogP contribution in [0.15, 0.2) is 47.4 Å². The Balaban J connectivity index is 1.94. The molecule has 2 aromatic rings. The molecule has 0 N–H and O–H groups in total. The second kappa shape index (κ2) is 8.67. The van der Waals surface area contributed by atoms with Crippen LogP contribution in [-0.2, 0) is 14.6 Å². The summed E-state index contributed by atoms with van der Waals surface area (Å²) in [6, 6.07) is 10.8. The molecule has 1 heterocycles. The minimum atomic E-state index is -3.34. The molecular weight excluding hydrogens is 443 g/mol. The highest BCUT2D eigenvalue weighted by Gasteiger charge is 2.34. The molecule has 3 rings (SSSR count). The lowest BCUT2D eigenvalue weighted by molar-refractivity contribution is 0.0293. The molecule has 31 heavy (non-hydrogen) atoms. The number of amides is 1. The maximum Gasteiger partial charge on any atom is 0.410 e. The van der Waals surface area contributed by atoms with Gasteiger partial charge in [0.2, 0.25) is 0 Å². The van der Waals surface area contributed by atoms with Gasteiger partial charge in [-0.05, 0) is 69.7 Å². The quantitative estimate of drug-likeness (QED) is 0.629. The van der Waals surface area contributed by atoms with Gasteiger partial charge in [-0.15, -0.1) is 0 Å². The van der Waals surface area contributed by atoms with Gasteiger partial charge in [-0.25, -0.2) is 17.6 Å². The van der Waals surface area contributed by atoms with Gasteiger partial charge in [0.1, 0.15) is 11.4 Å². The van der Waals surface area contributed by atoms with E-state index in [1.54, 1.807) is 23.1 Å². The lowest BCUT2D eigenvalue weighted by Gasteiger charge is -2.32. The fraction of sp³-hybridized carbons (Fsp3) is 0.409. The Morgan fingerprint density at radius 2 is 1.77 bits per heavy atom. The topological polar surface area (TPSA) is 66.9 Å². The number of benzene rings is 2. The van der Waals surface area contributed by atoms with Crippen LogP contribution in [0.1, 0.15) is 27.2 Å². The van der Waals surface area contributed by atoms with E-state index in [-0.39, 0.29) is 22.1 Å². The van der Waals surface area contributed by atoms with Crippen molar-refractivity contribution in [1.82, 2.24) is 4.90 Å². The Kier molecular flexibility index (Phi) is 6.53. The summed E-state index contributed by atoms with van der Waals surface area (Å²) in [5.74, 6) is -0.528. The van der Waals surface area contributed by atoms with Crippen LogP contribution in [0.4, 0.5) is 20.6 Å². The number of ether oxygens (including phenoxy) is 1. The SMILES string of the molecule is CC(C)(C)OC(=O)N1CC[C@H](N(c2ccc(S(C)(=O)=O)cc2)c2ccc(F)c(Cl)c2)C1. The third-order valence-corrected chi connectivity index (χ3v) is 6.32. The molecule has 1 aliphatic rings. The largest absolute Gasteiger partial charge is 0.444 e. The van der Waals surface area contributed by atoms with E-state index in [0.717, 1.165) is 6.26 Å². The molecule has 0 bridgehead atoms. The van der Waals surface area contributed by atoms with Gasteiger partial charge < -0.3 is 14.5 Å². The van der Waals surface area contributed by atoms with E-state index in [1.165, 1.54) is 24.3 Å². The van der Waals surface area contributed by atoms with Gasteiger partial charge in [0.25, 0.3) is 0 Å². The zero-order chi connectivity index (χ0) is 23.0. The predicted octanol–water partition coefficient (Wildman–Crippen LogP) is 5.03. The number of rotatable bonds is 4. The van der Waals surface area contributed by atoms with Gasteiger partial charge >= 0.3 is 6.09 Å². The maximum absolute atomic E-state index is 13.8. The molecule has 1 saturated heterocycles. The van der Waals surface area contributed by atoms with Gasteiger partial charge in [-0.1, -0.05) is 11.6 Å². The zero-order valence-electron chi connectivity index (χ0n) is 17.9. The first-order chi connectivity index (χ1) is 14.3. The van der Waals surface area contributed by atoms with Crippen LogP contribution in [0, 0.1) is 5.82 Å². The van der Waals surface area contributed by atoms with Crippen molar-refractivity contribution in [1.29, 1.82) is 0 Å². The third kappa shape index (κ3) is 5.68. The van der Waals surface area contributed by atoms with Crippen molar-refractivity contribution in [3.63, 3.8) is 0 Å². The minimum absolute atomic E-state index is 0.0164. The van der Waals surface area contributed by atoms with E-state index in [9.17, 15) is 17.6 Å². The van der Waals surface area contributed by atoms with Crippen molar-refractivity contribution in [2.24, 2.45) is 0 Å². The van der Waals surface area contributed by atoms with Gasteiger partial charge in [-0.3, -0.25) is 0 Å². The fourth-order valence-electron chi connectivity index (χ4n) is 3.50. The van der Waals surface area contributed by atoms with Crippen LogP contribution in [0.3, 0.4) is 0 Å². The molecule has 0 aromatic heterocycles. The molecule has 1 amide bonds. The zero-order valence-corrected chi connectivity index (χ0v) is 19.5. The van der Waals surface area contributed by atoms with E-state index in [4.69, 9.17) is 16.3 Å². The summed E-state index contributed by atoms with van der Waals surface area (Å²) in [4.78, 5) is 16.3. The Labute approximate surface area is 187 Å². The van der Waals surface area contributed by atoms with E-state index in [0.29, 0.717) is 30.9 Å². The number of likely N-dealkylation sites (tertiary alicyclic amines) is 1. The van der Waals surface area contributed by atoms with Crippen molar-refractivity contribution >= 4 is 38.9 Å². The van der Waals surface area contributed by atoms with Crippen LogP contribution >= 0.6 is 11.6 Å². The van der Waals surface area contributed by atoms with E-state index >= 15 is 0 Å². The van der Waals surface area contributed by atoms with Crippen molar-refractivity contribution < 1.29 is 22.3 Å². The second-order valence-electron chi connectivity index (χ2n) is 8.60. The van der Waals surface area contributed by atoms with E-state index < -0.39 is 21.3 Å². The number of carbonyl (C=O) groups is 1. The molecule has 1 fully saturated rings. The molecule has 6 nitrogen and oxygen atoms in total. The molecule has 2 aromatic carbocycles. The molecule has 0 unspecified atom stereocenters. The summed E-state index contributed by atoms with van der Waals surface area (Å²) in [5.41, 5.74) is 0.765. The summed E-state index contributed by atoms with van der Waals surface area (Å²) in [7, 11) is -3.34. The first kappa shape index (κ1) is 23.3. The smallest absolute Gasteiger partial charge is 0.410 e. The van der Waals surface area contributed by atoms with Crippen LogP contribution in [0.5, 0.6) is 0 Å². The average Bonchev–Trinajstić information content (AvgIpc) is 3.13. The van der Waals surface area contributed by atoms with Crippen molar-refractivity contribution in [2.45, 2.75) is 43.7 Å². The number of hydrogen-bond acceptors (Lipinski definition) is 5. The predicted molar refractivity (Wildman–Crippen MR) is 119 cm³/mol. The Bertz CT molecular complexity index is 1070. The molecule has 9 heteroatoms. The van der Waals surface area contributed by atoms with Gasteiger partial charge in [0.15, 0.2) is 9.84 Å². The number of nitrogens with zero attached hydrogens (tertiary/aromatic N) is 2. The molecule has 0 saturated carbocycles. The van der Waals surface area contributed by atoms with Crippen LogP contribution < -0.4 is 4.90 Å². The molecular formula is C22H26ClFN2O4S. The molecule has 1 atom stereocenters.